The lowest BCUT2D eigenvalue weighted by Gasteiger charge is -2.19. The fourth-order valence-electron chi connectivity index (χ4n) is 2.92. The van der Waals surface area contributed by atoms with Gasteiger partial charge in [-0.2, -0.15) is 0 Å². The lowest BCUT2D eigenvalue weighted by atomic mass is 10.1. The van der Waals surface area contributed by atoms with E-state index in [9.17, 15) is 27.2 Å². The van der Waals surface area contributed by atoms with Gasteiger partial charge in [0.25, 0.3) is 6.43 Å². The molecule has 0 fully saturated rings. The first-order chi connectivity index (χ1) is 14.2. The second-order valence-corrected chi connectivity index (χ2v) is 6.37. The minimum atomic E-state index is -2.63. The molecule has 0 aliphatic carbocycles. The van der Waals surface area contributed by atoms with Gasteiger partial charge in [0.15, 0.2) is 5.65 Å². The van der Waals surface area contributed by atoms with Gasteiger partial charge in [0, 0.05) is 19.3 Å². The molecule has 0 saturated carbocycles. The molecule has 0 bridgehead atoms. The van der Waals surface area contributed by atoms with Crippen molar-refractivity contribution in [3.05, 3.63) is 63.9 Å². The number of anilines is 1. The van der Waals surface area contributed by atoms with E-state index >= 15 is 0 Å². The highest BCUT2D eigenvalue weighted by atomic mass is 19.3. The van der Waals surface area contributed by atoms with Gasteiger partial charge >= 0.3 is 5.97 Å². The molecule has 3 aromatic rings. The molecule has 0 spiro atoms. The van der Waals surface area contributed by atoms with Crippen LogP contribution in [-0.2, 0) is 4.74 Å². The molecule has 30 heavy (non-hydrogen) atoms. The molecule has 2 heterocycles. The summed E-state index contributed by atoms with van der Waals surface area (Å²) in [5, 5.41) is -0.0570. The van der Waals surface area contributed by atoms with E-state index in [0.29, 0.717) is 6.07 Å². The Labute approximate surface area is 168 Å². The van der Waals surface area contributed by atoms with Crippen molar-refractivity contribution in [2.75, 3.05) is 25.1 Å². The Balaban J connectivity index is 2.32. The second kappa shape index (κ2) is 8.52. The summed E-state index contributed by atoms with van der Waals surface area (Å²) >= 11 is 0. The number of ether oxygens (including phenoxy) is 1. The number of fused-ring (bicyclic) bond motifs is 1. The Hall–Kier alpha value is -3.43. The number of esters is 1. The Morgan fingerprint density at radius 3 is 2.60 bits per heavy atom. The molecule has 3 rings (SSSR count). The van der Waals surface area contributed by atoms with Crippen LogP contribution in [0.25, 0.3) is 16.7 Å². The zero-order valence-corrected chi connectivity index (χ0v) is 16.0. The number of nitrogens with zero attached hydrogens (tertiary/aromatic N) is 3. The molecule has 10 heteroatoms. The van der Waals surface area contributed by atoms with E-state index in [0.717, 1.165) is 22.9 Å². The van der Waals surface area contributed by atoms with Gasteiger partial charge in [0.1, 0.15) is 23.0 Å². The Morgan fingerprint density at radius 2 is 1.97 bits per heavy atom. The van der Waals surface area contributed by atoms with Crippen LogP contribution in [0.5, 0.6) is 0 Å². The molecule has 0 aliphatic rings. The van der Waals surface area contributed by atoms with Crippen molar-refractivity contribution in [3.63, 3.8) is 0 Å². The van der Waals surface area contributed by atoms with Gasteiger partial charge in [-0.05, 0) is 31.2 Å². The number of halogens is 4. The molecule has 0 unspecified atom stereocenters. The SMILES string of the molecule is CCOC(=O)c1cn(-c2ccc(F)cc2F)c2nc(N(C)CC(F)F)ccc2c1=O. The highest BCUT2D eigenvalue weighted by Gasteiger charge is 2.21. The molecule has 1 aromatic carbocycles. The van der Waals surface area contributed by atoms with Crippen molar-refractivity contribution in [1.82, 2.24) is 9.55 Å². The number of hydrogen-bond donors (Lipinski definition) is 0. The maximum Gasteiger partial charge on any atom is 0.343 e. The first-order valence-electron chi connectivity index (χ1n) is 8.91. The summed E-state index contributed by atoms with van der Waals surface area (Å²) in [7, 11) is 1.38. The number of carbonyl (C=O) groups excluding carboxylic acids is 1. The third-order valence-electron chi connectivity index (χ3n) is 4.30. The van der Waals surface area contributed by atoms with Gasteiger partial charge in [0.05, 0.1) is 24.2 Å². The summed E-state index contributed by atoms with van der Waals surface area (Å²) in [4.78, 5) is 30.4. The Morgan fingerprint density at radius 1 is 1.23 bits per heavy atom. The lowest BCUT2D eigenvalue weighted by Crippen LogP contribution is -2.26. The maximum absolute atomic E-state index is 14.5. The van der Waals surface area contributed by atoms with E-state index in [2.05, 4.69) is 4.98 Å². The number of alkyl halides is 2. The zero-order chi connectivity index (χ0) is 22.0. The standard InChI is InChI=1S/C20H17F4N3O3/c1-3-30-20(29)13-9-27(15-6-4-11(21)8-14(15)22)19-12(18(13)28)5-7-17(25-19)26(2)10-16(23)24/h4-9,16H,3,10H2,1-2H3. The zero-order valence-electron chi connectivity index (χ0n) is 16.0. The number of aromatic nitrogens is 2. The monoisotopic (exact) mass is 423 g/mol. The van der Waals surface area contributed by atoms with Crippen molar-refractivity contribution < 1.29 is 27.1 Å². The van der Waals surface area contributed by atoms with Crippen molar-refractivity contribution >= 4 is 22.8 Å². The lowest BCUT2D eigenvalue weighted by molar-refractivity contribution is 0.0524. The fraction of sp³-hybridized carbons (Fsp3) is 0.250. The van der Waals surface area contributed by atoms with Gasteiger partial charge in [-0.1, -0.05) is 0 Å². The van der Waals surface area contributed by atoms with E-state index < -0.39 is 36.0 Å². The molecular weight excluding hydrogens is 406 g/mol. The molecule has 2 aromatic heterocycles. The van der Waals surface area contributed by atoms with Crippen molar-refractivity contribution in [2.45, 2.75) is 13.3 Å². The van der Waals surface area contributed by atoms with E-state index in [1.165, 1.54) is 24.1 Å². The molecule has 0 N–H and O–H groups in total. The summed E-state index contributed by atoms with van der Waals surface area (Å²) in [6.07, 6.45) is -1.58. The first-order valence-corrected chi connectivity index (χ1v) is 8.91. The molecule has 0 amide bonds. The van der Waals surface area contributed by atoms with Crippen molar-refractivity contribution in [2.24, 2.45) is 0 Å². The highest BCUT2D eigenvalue weighted by molar-refractivity contribution is 5.93. The van der Waals surface area contributed by atoms with Gasteiger partial charge in [-0.15, -0.1) is 0 Å². The number of benzene rings is 1. The summed E-state index contributed by atoms with van der Waals surface area (Å²) in [5.74, 6) is -2.61. The predicted octanol–water partition coefficient (Wildman–Crippen LogP) is 3.54. The van der Waals surface area contributed by atoms with Crippen LogP contribution in [0.2, 0.25) is 0 Å². The summed E-state index contributed by atoms with van der Waals surface area (Å²) in [6.45, 7) is 0.954. The van der Waals surface area contributed by atoms with Crippen LogP contribution >= 0.6 is 0 Å². The summed E-state index contributed by atoms with van der Waals surface area (Å²) in [6, 6.07) is 5.39. The molecule has 158 valence electrons. The third kappa shape index (κ3) is 4.12. The van der Waals surface area contributed by atoms with E-state index in [4.69, 9.17) is 4.74 Å². The number of pyridine rings is 2. The van der Waals surface area contributed by atoms with Crippen LogP contribution in [0, 0.1) is 11.6 Å². The van der Waals surface area contributed by atoms with Crippen LogP contribution in [-0.4, -0.2) is 42.1 Å². The first kappa shape index (κ1) is 21.3. The summed E-state index contributed by atoms with van der Waals surface area (Å²) < 4.78 is 59.3. The summed E-state index contributed by atoms with van der Waals surface area (Å²) in [5.41, 5.74) is -1.35. The van der Waals surface area contributed by atoms with Gasteiger partial charge in [-0.25, -0.2) is 27.3 Å². The number of carbonyl (C=O) groups is 1. The molecule has 0 atom stereocenters. The Bertz CT molecular complexity index is 1160. The van der Waals surface area contributed by atoms with Gasteiger partial charge < -0.3 is 9.64 Å². The van der Waals surface area contributed by atoms with Crippen LogP contribution in [0.1, 0.15) is 17.3 Å². The van der Waals surface area contributed by atoms with Crippen LogP contribution in [0.4, 0.5) is 23.4 Å². The molecule has 0 radical (unpaired) electrons. The molecule has 0 aliphatic heterocycles. The smallest absolute Gasteiger partial charge is 0.343 e. The van der Waals surface area contributed by atoms with E-state index in [-0.39, 0.29) is 34.7 Å². The topological polar surface area (TPSA) is 64.4 Å². The minimum absolute atomic E-state index is 0.0107. The predicted molar refractivity (Wildman–Crippen MR) is 102 cm³/mol. The van der Waals surface area contributed by atoms with E-state index in [1.807, 2.05) is 0 Å². The van der Waals surface area contributed by atoms with Gasteiger partial charge in [0.2, 0.25) is 5.43 Å². The number of rotatable bonds is 6. The van der Waals surface area contributed by atoms with Crippen molar-refractivity contribution in [3.8, 4) is 5.69 Å². The normalized spacial score (nSPS) is 11.2. The third-order valence-corrected chi connectivity index (χ3v) is 4.30. The van der Waals surface area contributed by atoms with Crippen LogP contribution in [0.15, 0.2) is 41.3 Å². The number of hydrogen-bond acceptors (Lipinski definition) is 5. The maximum atomic E-state index is 14.5. The minimum Gasteiger partial charge on any atom is -0.462 e. The molecule has 6 nitrogen and oxygen atoms in total. The largest absolute Gasteiger partial charge is 0.462 e. The highest BCUT2D eigenvalue weighted by Crippen LogP contribution is 2.22. The molecule has 0 saturated heterocycles. The second-order valence-electron chi connectivity index (χ2n) is 6.37. The Kier molecular flexibility index (Phi) is 6.04. The van der Waals surface area contributed by atoms with Crippen LogP contribution < -0.4 is 10.3 Å². The average Bonchev–Trinajstić information content (AvgIpc) is 2.68. The fourth-order valence-corrected chi connectivity index (χ4v) is 2.92. The molecular formula is C20H17F4N3O3. The quantitative estimate of drug-likeness (QED) is 0.448. The van der Waals surface area contributed by atoms with Crippen molar-refractivity contribution in [1.29, 1.82) is 0 Å². The average molecular weight is 423 g/mol. The van der Waals surface area contributed by atoms with Crippen LogP contribution in [0.3, 0.4) is 0 Å². The van der Waals surface area contributed by atoms with Gasteiger partial charge in [-0.3, -0.25) is 9.36 Å². The van der Waals surface area contributed by atoms with E-state index in [1.54, 1.807) is 6.92 Å².